The van der Waals surface area contributed by atoms with E-state index in [-0.39, 0.29) is 18.2 Å². The zero-order valence-electron chi connectivity index (χ0n) is 11.8. The van der Waals surface area contributed by atoms with Gasteiger partial charge in [-0.25, -0.2) is 4.98 Å². The summed E-state index contributed by atoms with van der Waals surface area (Å²) in [6.07, 6.45) is -4.48. The summed E-state index contributed by atoms with van der Waals surface area (Å²) in [5, 5.41) is 15.0. The second kappa shape index (κ2) is 6.78. The van der Waals surface area contributed by atoms with Crippen LogP contribution in [0.1, 0.15) is 25.8 Å². The largest absolute Gasteiger partial charge is 0.416 e. The fraction of sp³-hybridized carbons (Fsp3) is 0.615. The van der Waals surface area contributed by atoms with Gasteiger partial charge in [0.2, 0.25) is 0 Å². The highest BCUT2D eigenvalue weighted by molar-refractivity contribution is 5.49. The molecule has 1 aromatic heterocycles. The molecule has 4 nitrogen and oxygen atoms in total. The summed E-state index contributed by atoms with van der Waals surface area (Å²) in [7, 11) is 1.50. The van der Waals surface area contributed by atoms with Crippen LogP contribution in [0.25, 0.3) is 0 Å². The van der Waals surface area contributed by atoms with E-state index in [1.807, 2.05) is 13.8 Å². The first kappa shape index (κ1) is 16.6. The van der Waals surface area contributed by atoms with E-state index in [1.54, 1.807) is 0 Å². The molecule has 1 atom stereocenters. The molecular weight excluding hydrogens is 271 g/mol. The van der Waals surface area contributed by atoms with Crippen molar-refractivity contribution in [1.82, 2.24) is 4.98 Å². The number of hydrogen-bond acceptors (Lipinski definition) is 4. The molecule has 0 radical (unpaired) electrons. The van der Waals surface area contributed by atoms with Crippen molar-refractivity contribution in [2.24, 2.45) is 5.92 Å². The maximum absolute atomic E-state index is 12.7. The van der Waals surface area contributed by atoms with E-state index in [1.165, 1.54) is 7.05 Å². The zero-order chi connectivity index (χ0) is 15.3. The lowest BCUT2D eigenvalue weighted by Crippen LogP contribution is -2.22. The predicted molar refractivity (Wildman–Crippen MR) is 72.7 cm³/mol. The van der Waals surface area contributed by atoms with Gasteiger partial charge in [-0.15, -0.1) is 0 Å². The number of hydrogen-bond donors (Lipinski definition) is 3. The SMILES string of the molecule is CNc1cc(C(F)(F)F)cc(NCC(O)CC(C)C)n1. The molecule has 0 aliphatic heterocycles. The Hall–Kier alpha value is -1.50. The number of aliphatic hydroxyl groups is 1. The molecule has 1 rings (SSSR count). The van der Waals surface area contributed by atoms with Crippen molar-refractivity contribution in [2.45, 2.75) is 32.5 Å². The van der Waals surface area contributed by atoms with Crippen LogP contribution in [0, 0.1) is 5.92 Å². The van der Waals surface area contributed by atoms with Gasteiger partial charge in [0.15, 0.2) is 0 Å². The average Bonchev–Trinajstić information content (AvgIpc) is 2.34. The third-order valence-electron chi connectivity index (χ3n) is 2.67. The van der Waals surface area contributed by atoms with E-state index < -0.39 is 17.8 Å². The summed E-state index contributed by atoms with van der Waals surface area (Å²) >= 11 is 0. The van der Waals surface area contributed by atoms with Crippen molar-refractivity contribution in [1.29, 1.82) is 0 Å². The Balaban J connectivity index is 2.79. The molecule has 1 aromatic rings. The van der Waals surface area contributed by atoms with E-state index in [0.717, 1.165) is 12.1 Å². The van der Waals surface area contributed by atoms with Gasteiger partial charge in [0.1, 0.15) is 11.6 Å². The standard InChI is InChI=1S/C13H20F3N3O/c1-8(2)4-10(20)7-18-12-6-9(13(14,15)16)5-11(17-3)19-12/h5-6,8,10,20H,4,7H2,1-3H3,(H2,17,18,19). The van der Waals surface area contributed by atoms with E-state index >= 15 is 0 Å². The van der Waals surface area contributed by atoms with Gasteiger partial charge >= 0.3 is 6.18 Å². The number of rotatable bonds is 6. The zero-order valence-corrected chi connectivity index (χ0v) is 11.8. The number of anilines is 2. The Morgan fingerprint density at radius 1 is 1.25 bits per heavy atom. The molecule has 1 unspecified atom stereocenters. The molecule has 114 valence electrons. The maximum atomic E-state index is 12.7. The van der Waals surface area contributed by atoms with Gasteiger partial charge in [-0.1, -0.05) is 13.8 Å². The van der Waals surface area contributed by atoms with E-state index in [2.05, 4.69) is 15.6 Å². The van der Waals surface area contributed by atoms with Crippen molar-refractivity contribution in [3.63, 3.8) is 0 Å². The van der Waals surface area contributed by atoms with Crippen molar-refractivity contribution >= 4 is 11.6 Å². The van der Waals surface area contributed by atoms with Gasteiger partial charge in [0.25, 0.3) is 0 Å². The fourth-order valence-corrected chi connectivity index (χ4v) is 1.76. The Bertz CT molecular complexity index is 435. The van der Waals surface area contributed by atoms with Crippen LogP contribution >= 0.6 is 0 Å². The van der Waals surface area contributed by atoms with Crippen molar-refractivity contribution in [3.8, 4) is 0 Å². The minimum absolute atomic E-state index is 0.0898. The highest BCUT2D eigenvalue weighted by Gasteiger charge is 2.31. The molecule has 0 amide bonds. The molecule has 1 heterocycles. The second-order valence-electron chi connectivity index (χ2n) is 5.04. The minimum Gasteiger partial charge on any atom is -0.391 e. The molecule has 0 saturated carbocycles. The quantitative estimate of drug-likeness (QED) is 0.754. The Labute approximate surface area is 116 Å². The molecular formula is C13H20F3N3O. The number of aliphatic hydroxyl groups excluding tert-OH is 1. The number of nitrogens with one attached hydrogen (secondary N) is 2. The molecule has 0 fully saturated rings. The van der Waals surface area contributed by atoms with Crippen LogP contribution in [0.2, 0.25) is 0 Å². The molecule has 0 saturated heterocycles. The monoisotopic (exact) mass is 291 g/mol. The third kappa shape index (κ3) is 5.24. The number of alkyl halides is 3. The maximum Gasteiger partial charge on any atom is 0.416 e. The molecule has 7 heteroatoms. The van der Waals surface area contributed by atoms with Crippen LogP contribution in [-0.4, -0.2) is 29.8 Å². The van der Waals surface area contributed by atoms with Gasteiger partial charge < -0.3 is 15.7 Å². The summed E-state index contributed by atoms with van der Waals surface area (Å²) in [6.45, 7) is 4.09. The smallest absolute Gasteiger partial charge is 0.391 e. The predicted octanol–water partition coefficient (Wildman–Crippen LogP) is 2.96. The lowest BCUT2D eigenvalue weighted by molar-refractivity contribution is -0.137. The summed E-state index contributed by atoms with van der Waals surface area (Å²) in [5.74, 6) is 0.529. The highest BCUT2D eigenvalue weighted by atomic mass is 19.4. The third-order valence-corrected chi connectivity index (χ3v) is 2.67. The molecule has 0 aromatic carbocycles. The normalized spacial score (nSPS) is 13.4. The molecule has 0 bridgehead atoms. The van der Waals surface area contributed by atoms with Crippen LogP contribution in [0.4, 0.5) is 24.8 Å². The Morgan fingerprint density at radius 3 is 2.35 bits per heavy atom. The lowest BCUT2D eigenvalue weighted by Gasteiger charge is -2.16. The summed E-state index contributed by atoms with van der Waals surface area (Å²) in [4.78, 5) is 3.98. The lowest BCUT2D eigenvalue weighted by atomic mass is 10.1. The van der Waals surface area contributed by atoms with Crippen molar-refractivity contribution in [2.75, 3.05) is 24.2 Å². The first-order valence-corrected chi connectivity index (χ1v) is 6.41. The number of nitrogens with zero attached hydrogens (tertiary/aromatic N) is 1. The summed E-state index contributed by atoms with van der Waals surface area (Å²) < 4.78 is 38.2. The van der Waals surface area contributed by atoms with Gasteiger partial charge in [-0.2, -0.15) is 13.2 Å². The van der Waals surface area contributed by atoms with Gasteiger partial charge in [-0.05, 0) is 24.5 Å². The van der Waals surface area contributed by atoms with Crippen LogP contribution in [0.15, 0.2) is 12.1 Å². The van der Waals surface area contributed by atoms with Gasteiger partial charge in [0.05, 0.1) is 11.7 Å². The minimum atomic E-state index is -4.43. The highest BCUT2D eigenvalue weighted by Crippen LogP contribution is 2.31. The van der Waals surface area contributed by atoms with Crippen LogP contribution in [-0.2, 0) is 6.18 Å². The van der Waals surface area contributed by atoms with Crippen molar-refractivity contribution in [3.05, 3.63) is 17.7 Å². The number of pyridine rings is 1. The topological polar surface area (TPSA) is 57.2 Å². The molecule has 0 aliphatic rings. The number of halogens is 3. The molecule has 0 spiro atoms. The second-order valence-corrected chi connectivity index (χ2v) is 5.04. The van der Waals surface area contributed by atoms with E-state index in [9.17, 15) is 18.3 Å². The number of aromatic nitrogens is 1. The van der Waals surface area contributed by atoms with E-state index in [0.29, 0.717) is 12.3 Å². The van der Waals surface area contributed by atoms with Gasteiger partial charge in [0, 0.05) is 13.6 Å². The first-order chi connectivity index (χ1) is 9.22. The van der Waals surface area contributed by atoms with Crippen LogP contribution in [0.5, 0.6) is 0 Å². The summed E-state index contributed by atoms with van der Waals surface area (Å²) in [6, 6.07) is 1.87. The first-order valence-electron chi connectivity index (χ1n) is 6.41. The molecule has 20 heavy (non-hydrogen) atoms. The average molecular weight is 291 g/mol. The van der Waals surface area contributed by atoms with Gasteiger partial charge in [-0.3, -0.25) is 0 Å². The fourth-order valence-electron chi connectivity index (χ4n) is 1.76. The van der Waals surface area contributed by atoms with Crippen LogP contribution in [0.3, 0.4) is 0 Å². The Morgan fingerprint density at radius 2 is 1.85 bits per heavy atom. The molecule has 3 N–H and O–H groups in total. The molecule has 0 aliphatic carbocycles. The van der Waals surface area contributed by atoms with E-state index in [4.69, 9.17) is 0 Å². The summed E-state index contributed by atoms with van der Waals surface area (Å²) in [5.41, 5.74) is -0.780. The van der Waals surface area contributed by atoms with Crippen LogP contribution < -0.4 is 10.6 Å². The Kier molecular flexibility index (Phi) is 5.62. The van der Waals surface area contributed by atoms with Crippen molar-refractivity contribution < 1.29 is 18.3 Å².